The average Bonchev–Trinajstić information content (AvgIpc) is 2.29. The summed E-state index contributed by atoms with van der Waals surface area (Å²) in [5.41, 5.74) is -0.179. The van der Waals surface area contributed by atoms with Gasteiger partial charge < -0.3 is 15.7 Å². The summed E-state index contributed by atoms with van der Waals surface area (Å²) in [4.78, 5) is 18.2. The van der Waals surface area contributed by atoms with Gasteiger partial charge in [0.15, 0.2) is 0 Å². The fourth-order valence-corrected chi connectivity index (χ4v) is 1.36. The van der Waals surface area contributed by atoms with Crippen LogP contribution in [0.4, 0.5) is 17.5 Å². The summed E-state index contributed by atoms with van der Waals surface area (Å²) in [5.74, 6) is 0.494. The van der Waals surface area contributed by atoms with Gasteiger partial charge in [0, 0.05) is 19.2 Å². The molecule has 1 aromatic heterocycles. The maximum atomic E-state index is 10.8. The van der Waals surface area contributed by atoms with Gasteiger partial charge in [-0.05, 0) is 20.3 Å². The highest BCUT2D eigenvalue weighted by atomic mass is 16.6. The van der Waals surface area contributed by atoms with Crippen LogP contribution < -0.4 is 10.6 Å². The largest absolute Gasteiger partial charge is 0.396 e. The standard InChI is InChI=1S/C10H17N5O3/c1-3-11-10-12-6-8(15(17)18)9(14-10)13-7(2)4-5-16/h6-7,16H,3-5H2,1-2H3,(H2,11,12,13,14). The number of aromatic nitrogens is 2. The van der Waals surface area contributed by atoms with E-state index in [1.165, 1.54) is 6.20 Å². The summed E-state index contributed by atoms with van der Waals surface area (Å²) < 4.78 is 0. The molecule has 1 atom stereocenters. The van der Waals surface area contributed by atoms with Crippen LogP contribution in [0.2, 0.25) is 0 Å². The molecule has 0 radical (unpaired) electrons. The molecule has 0 amide bonds. The third-order valence-corrected chi connectivity index (χ3v) is 2.25. The Morgan fingerprint density at radius 3 is 2.89 bits per heavy atom. The van der Waals surface area contributed by atoms with Crippen LogP contribution in [0, 0.1) is 10.1 Å². The van der Waals surface area contributed by atoms with Gasteiger partial charge in [-0.25, -0.2) is 4.98 Å². The second-order valence-corrected chi connectivity index (χ2v) is 3.77. The number of nitrogens with zero attached hydrogens (tertiary/aromatic N) is 3. The van der Waals surface area contributed by atoms with Crippen molar-refractivity contribution in [1.29, 1.82) is 0 Å². The molecule has 0 saturated carbocycles. The lowest BCUT2D eigenvalue weighted by molar-refractivity contribution is -0.384. The molecule has 0 saturated heterocycles. The first-order chi connectivity index (χ1) is 8.58. The molecule has 8 nitrogen and oxygen atoms in total. The van der Waals surface area contributed by atoms with Gasteiger partial charge in [0.05, 0.1) is 4.92 Å². The van der Waals surface area contributed by atoms with E-state index >= 15 is 0 Å². The molecule has 1 heterocycles. The first-order valence-electron chi connectivity index (χ1n) is 5.71. The van der Waals surface area contributed by atoms with Gasteiger partial charge in [0.25, 0.3) is 0 Å². The molecule has 0 aromatic carbocycles. The molecule has 0 fully saturated rings. The van der Waals surface area contributed by atoms with Crippen LogP contribution in [0.5, 0.6) is 0 Å². The summed E-state index contributed by atoms with van der Waals surface area (Å²) in [6.45, 7) is 4.33. The van der Waals surface area contributed by atoms with E-state index in [0.29, 0.717) is 18.9 Å². The van der Waals surface area contributed by atoms with E-state index in [-0.39, 0.29) is 24.2 Å². The van der Waals surface area contributed by atoms with Gasteiger partial charge in [-0.3, -0.25) is 10.1 Å². The van der Waals surface area contributed by atoms with E-state index in [4.69, 9.17) is 5.11 Å². The SMILES string of the molecule is CCNc1ncc([N+](=O)[O-])c(NC(C)CCO)n1. The number of nitrogens with one attached hydrogen (secondary N) is 2. The fraction of sp³-hybridized carbons (Fsp3) is 0.600. The van der Waals surface area contributed by atoms with Crippen molar-refractivity contribution in [3.05, 3.63) is 16.3 Å². The maximum absolute atomic E-state index is 10.8. The average molecular weight is 255 g/mol. The Labute approximate surface area is 105 Å². The second kappa shape index (κ2) is 6.70. The Morgan fingerprint density at radius 1 is 1.61 bits per heavy atom. The monoisotopic (exact) mass is 255 g/mol. The number of nitro groups is 1. The van der Waals surface area contributed by atoms with Crippen LogP contribution in [-0.4, -0.2) is 39.2 Å². The molecule has 1 aromatic rings. The van der Waals surface area contributed by atoms with Crippen LogP contribution >= 0.6 is 0 Å². The molecule has 100 valence electrons. The van der Waals surface area contributed by atoms with Crippen molar-refractivity contribution >= 4 is 17.5 Å². The predicted molar refractivity (Wildman–Crippen MR) is 67.6 cm³/mol. The zero-order chi connectivity index (χ0) is 13.5. The molecule has 0 aliphatic heterocycles. The number of aliphatic hydroxyl groups is 1. The van der Waals surface area contributed by atoms with Crippen molar-refractivity contribution in [2.75, 3.05) is 23.8 Å². The molecular formula is C10H17N5O3. The van der Waals surface area contributed by atoms with E-state index in [1.54, 1.807) is 0 Å². The fourth-order valence-electron chi connectivity index (χ4n) is 1.36. The van der Waals surface area contributed by atoms with Gasteiger partial charge in [-0.15, -0.1) is 0 Å². The summed E-state index contributed by atoms with van der Waals surface area (Å²) >= 11 is 0. The molecule has 18 heavy (non-hydrogen) atoms. The topological polar surface area (TPSA) is 113 Å². The Balaban J connectivity index is 2.95. The van der Waals surface area contributed by atoms with Crippen molar-refractivity contribution < 1.29 is 10.0 Å². The van der Waals surface area contributed by atoms with E-state index in [0.717, 1.165) is 0 Å². The molecule has 1 rings (SSSR count). The molecule has 0 spiro atoms. The Bertz CT molecular complexity index is 412. The van der Waals surface area contributed by atoms with Crippen molar-refractivity contribution in [3.63, 3.8) is 0 Å². The van der Waals surface area contributed by atoms with E-state index < -0.39 is 4.92 Å². The first kappa shape index (κ1) is 14.1. The molecule has 0 aliphatic rings. The molecule has 0 aliphatic carbocycles. The minimum Gasteiger partial charge on any atom is -0.396 e. The lowest BCUT2D eigenvalue weighted by Crippen LogP contribution is -2.19. The van der Waals surface area contributed by atoms with E-state index in [2.05, 4.69) is 20.6 Å². The highest BCUT2D eigenvalue weighted by Crippen LogP contribution is 2.22. The van der Waals surface area contributed by atoms with Gasteiger partial charge in [0.2, 0.25) is 11.8 Å². The van der Waals surface area contributed by atoms with E-state index in [1.807, 2.05) is 13.8 Å². The summed E-state index contributed by atoms with van der Waals surface area (Å²) in [5, 5.41) is 25.4. The summed E-state index contributed by atoms with van der Waals surface area (Å²) in [7, 11) is 0. The van der Waals surface area contributed by atoms with Crippen molar-refractivity contribution in [2.45, 2.75) is 26.3 Å². The van der Waals surface area contributed by atoms with Gasteiger partial charge in [0.1, 0.15) is 6.20 Å². The second-order valence-electron chi connectivity index (χ2n) is 3.77. The summed E-state index contributed by atoms with van der Waals surface area (Å²) in [6.07, 6.45) is 1.65. The number of aliphatic hydroxyl groups excluding tert-OH is 1. The van der Waals surface area contributed by atoms with Gasteiger partial charge in [-0.1, -0.05) is 0 Å². The van der Waals surface area contributed by atoms with Gasteiger partial charge in [-0.2, -0.15) is 4.98 Å². The van der Waals surface area contributed by atoms with Crippen LogP contribution in [0.15, 0.2) is 6.20 Å². The molecule has 1 unspecified atom stereocenters. The van der Waals surface area contributed by atoms with Crippen molar-refractivity contribution in [3.8, 4) is 0 Å². The number of rotatable bonds is 7. The molecule has 3 N–H and O–H groups in total. The highest BCUT2D eigenvalue weighted by Gasteiger charge is 2.18. The number of anilines is 2. The Hall–Kier alpha value is -1.96. The smallest absolute Gasteiger partial charge is 0.329 e. The minimum atomic E-state index is -0.538. The Kier molecular flexibility index (Phi) is 5.25. The number of hydrogen-bond donors (Lipinski definition) is 3. The lowest BCUT2D eigenvalue weighted by atomic mass is 10.2. The van der Waals surface area contributed by atoms with Gasteiger partial charge >= 0.3 is 5.69 Å². The molecular weight excluding hydrogens is 238 g/mol. The minimum absolute atomic E-state index is 0.00706. The van der Waals surface area contributed by atoms with E-state index in [9.17, 15) is 10.1 Å². The normalized spacial score (nSPS) is 11.9. The predicted octanol–water partition coefficient (Wildman–Crippen LogP) is 0.999. The first-order valence-corrected chi connectivity index (χ1v) is 5.71. The number of hydrogen-bond acceptors (Lipinski definition) is 7. The zero-order valence-corrected chi connectivity index (χ0v) is 10.4. The van der Waals surface area contributed by atoms with Crippen LogP contribution in [0.3, 0.4) is 0 Å². The zero-order valence-electron chi connectivity index (χ0n) is 10.4. The molecule has 8 heteroatoms. The maximum Gasteiger partial charge on any atom is 0.329 e. The summed E-state index contributed by atoms with van der Waals surface area (Å²) in [6, 6.07) is -0.113. The quantitative estimate of drug-likeness (QED) is 0.492. The van der Waals surface area contributed by atoms with Crippen LogP contribution in [0.1, 0.15) is 20.3 Å². The van der Waals surface area contributed by atoms with Crippen molar-refractivity contribution in [1.82, 2.24) is 9.97 Å². The highest BCUT2D eigenvalue weighted by molar-refractivity contribution is 5.57. The third kappa shape index (κ3) is 3.81. The van der Waals surface area contributed by atoms with Crippen molar-refractivity contribution in [2.24, 2.45) is 0 Å². The molecule has 0 bridgehead atoms. The lowest BCUT2D eigenvalue weighted by Gasteiger charge is -2.13. The Morgan fingerprint density at radius 2 is 2.33 bits per heavy atom. The van der Waals surface area contributed by atoms with Crippen LogP contribution in [0.25, 0.3) is 0 Å². The third-order valence-electron chi connectivity index (χ3n) is 2.25. The van der Waals surface area contributed by atoms with Crippen LogP contribution in [-0.2, 0) is 0 Å².